The van der Waals surface area contributed by atoms with Crippen molar-refractivity contribution in [1.29, 1.82) is 0 Å². The van der Waals surface area contributed by atoms with E-state index in [4.69, 9.17) is 4.84 Å². The lowest BCUT2D eigenvalue weighted by molar-refractivity contribution is -0.230. The molecular weight excluding hydrogens is 207 g/mol. The number of allylic oxidation sites excluding steroid dienone is 2. The predicted molar refractivity (Wildman–Crippen MR) is 50.8 cm³/mol. The third-order valence-corrected chi connectivity index (χ3v) is 2.23. The van der Waals surface area contributed by atoms with Crippen LogP contribution in [0.5, 0.6) is 0 Å². The quantitative estimate of drug-likeness (QED) is 0.710. The number of alkyl halides is 3. The normalized spacial score (nSPS) is 22.2. The van der Waals surface area contributed by atoms with Gasteiger partial charge in [-0.25, -0.2) is 5.06 Å². The Morgan fingerprint density at radius 1 is 1.40 bits per heavy atom. The van der Waals surface area contributed by atoms with Crippen molar-refractivity contribution in [2.24, 2.45) is 5.92 Å². The molecular formula is C10H14F3NO. The Morgan fingerprint density at radius 3 is 2.40 bits per heavy atom. The largest absolute Gasteiger partial charge is 0.414 e. The maximum Gasteiger partial charge on any atom is 0.414 e. The molecule has 0 N–H and O–H groups in total. The number of hydrogen-bond acceptors (Lipinski definition) is 2. The summed E-state index contributed by atoms with van der Waals surface area (Å²) in [6, 6.07) is -1.69. The zero-order valence-electron chi connectivity index (χ0n) is 8.88. The molecule has 0 aliphatic carbocycles. The van der Waals surface area contributed by atoms with Crippen molar-refractivity contribution in [3.05, 3.63) is 23.9 Å². The van der Waals surface area contributed by atoms with Crippen LogP contribution in [0, 0.1) is 5.92 Å². The molecule has 0 aromatic rings. The minimum Gasteiger partial charge on any atom is -0.276 e. The lowest BCUT2D eigenvalue weighted by atomic mass is 10.0. The fourth-order valence-electron chi connectivity index (χ4n) is 1.32. The van der Waals surface area contributed by atoms with E-state index in [0.29, 0.717) is 0 Å². The molecule has 86 valence electrons. The van der Waals surface area contributed by atoms with Crippen molar-refractivity contribution < 1.29 is 18.0 Å². The molecule has 1 heterocycles. The Hall–Kier alpha value is -0.970. The van der Waals surface area contributed by atoms with E-state index >= 15 is 0 Å². The zero-order chi connectivity index (χ0) is 11.6. The third-order valence-electron chi connectivity index (χ3n) is 2.23. The second-order valence-electron chi connectivity index (χ2n) is 3.67. The van der Waals surface area contributed by atoms with E-state index in [9.17, 15) is 13.2 Å². The van der Waals surface area contributed by atoms with Gasteiger partial charge in [-0.3, -0.25) is 4.84 Å². The highest BCUT2D eigenvalue weighted by Gasteiger charge is 2.43. The molecule has 0 saturated heterocycles. The Labute approximate surface area is 87.0 Å². The molecule has 1 atom stereocenters. The van der Waals surface area contributed by atoms with Crippen LogP contribution in [0.15, 0.2) is 23.9 Å². The number of hydrogen-bond donors (Lipinski definition) is 0. The predicted octanol–water partition coefficient (Wildman–Crippen LogP) is 2.89. The Balaban J connectivity index is 2.89. The standard InChI is InChI=1S/C10H14F3NO/c1-7(2)8-4-5-9(10(11,12)13)14(6-8)15-3/h4-7,9H,1-3H3. The highest BCUT2D eigenvalue weighted by atomic mass is 19.4. The van der Waals surface area contributed by atoms with Gasteiger partial charge in [0.1, 0.15) is 0 Å². The first-order chi connectivity index (χ1) is 6.86. The van der Waals surface area contributed by atoms with E-state index in [2.05, 4.69) is 0 Å². The molecule has 1 aliphatic rings. The average Bonchev–Trinajstić information content (AvgIpc) is 2.15. The molecule has 0 aromatic carbocycles. The first-order valence-electron chi connectivity index (χ1n) is 4.65. The lowest BCUT2D eigenvalue weighted by Crippen LogP contribution is -2.42. The van der Waals surface area contributed by atoms with Gasteiger partial charge < -0.3 is 0 Å². The SMILES string of the molecule is CON1C=C(C(C)C)C=CC1C(F)(F)F. The summed E-state index contributed by atoms with van der Waals surface area (Å²) in [7, 11) is 1.23. The Bertz CT molecular complexity index is 281. The summed E-state index contributed by atoms with van der Waals surface area (Å²) in [6.07, 6.45) is -0.314. The maximum atomic E-state index is 12.5. The van der Waals surface area contributed by atoms with E-state index in [1.807, 2.05) is 13.8 Å². The van der Waals surface area contributed by atoms with Gasteiger partial charge in [-0.2, -0.15) is 13.2 Å². The van der Waals surface area contributed by atoms with Crippen molar-refractivity contribution in [3.8, 4) is 0 Å². The van der Waals surface area contributed by atoms with Gasteiger partial charge in [-0.05, 0) is 11.5 Å². The molecule has 0 bridgehead atoms. The maximum absolute atomic E-state index is 12.5. The molecule has 0 radical (unpaired) electrons. The minimum atomic E-state index is -4.31. The van der Waals surface area contributed by atoms with Crippen LogP contribution in [0.2, 0.25) is 0 Å². The van der Waals surface area contributed by atoms with E-state index in [1.165, 1.54) is 19.4 Å². The lowest BCUT2D eigenvalue weighted by Gasteiger charge is -2.31. The summed E-state index contributed by atoms with van der Waals surface area (Å²) in [4.78, 5) is 4.70. The van der Waals surface area contributed by atoms with Crippen LogP contribution in [-0.2, 0) is 4.84 Å². The van der Waals surface area contributed by atoms with E-state index in [1.54, 1.807) is 0 Å². The van der Waals surface area contributed by atoms with Crippen LogP contribution in [0.4, 0.5) is 13.2 Å². The van der Waals surface area contributed by atoms with Crippen LogP contribution in [0.3, 0.4) is 0 Å². The van der Waals surface area contributed by atoms with Crippen molar-refractivity contribution in [2.45, 2.75) is 26.1 Å². The molecule has 1 aliphatic heterocycles. The molecule has 2 nitrogen and oxygen atoms in total. The van der Waals surface area contributed by atoms with Gasteiger partial charge in [-0.15, -0.1) is 0 Å². The molecule has 5 heteroatoms. The topological polar surface area (TPSA) is 12.5 Å². The van der Waals surface area contributed by atoms with Crippen LogP contribution in [0.25, 0.3) is 0 Å². The van der Waals surface area contributed by atoms with Crippen molar-refractivity contribution in [2.75, 3.05) is 7.11 Å². The fourth-order valence-corrected chi connectivity index (χ4v) is 1.32. The van der Waals surface area contributed by atoms with Gasteiger partial charge in [0.2, 0.25) is 0 Å². The van der Waals surface area contributed by atoms with Crippen LogP contribution < -0.4 is 0 Å². The van der Waals surface area contributed by atoms with Crippen LogP contribution in [-0.4, -0.2) is 24.4 Å². The van der Waals surface area contributed by atoms with Crippen LogP contribution in [0.1, 0.15) is 13.8 Å². The van der Waals surface area contributed by atoms with Gasteiger partial charge in [0.05, 0.1) is 7.11 Å². The third kappa shape index (κ3) is 2.75. The molecule has 0 spiro atoms. The first-order valence-corrected chi connectivity index (χ1v) is 4.65. The molecule has 1 unspecified atom stereocenters. The van der Waals surface area contributed by atoms with Crippen molar-refractivity contribution >= 4 is 0 Å². The second-order valence-corrected chi connectivity index (χ2v) is 3.67. The molecule has 0 saturated carbocycles. The average molecular weight is 221 g/mol. The van der Waals surface area contributed by atoms with Gasteiger partial charge in [-0.1, -0.05) is 26.0 Å². The van der Waals surface area contributed by atoms with Crippen molar-refractivity contribution in [3.63, 3.8) is 0 Å². The molecule has 0 amide bonds. The first kappa shape index (κ1) is 12.1. The van der Waals surface area contributed by atoms with E-state index < -0.39 is 12.2 Å². The fraction of sp³-hybridized carbons (Fsp3) is 0.600. The summed E-state index contributed by atoms with van der Waals surface area (Å²) >= 11 is 0. The second kappa shape index (κ2) is 4.26. The summed E-state index contributed by atoms with van der Waals surface area (Å²) in [5.74, 6) is 0.174. The summed E-state index contributed by atoms with van der Waals surface area (Å²) in [5.41, 5.74) is 0.817. The number of halogens is 3. The smallest absolute Gasteiger partial charge is 0.276 e. The summed E-state index contributed by atoms with van der Waals surface area (Å²) in [5, 5.41) is 0.829. The molecule has 15 heavy (non-hydrogen) atoms. The molecule has 0 aromatic heterocycles. The zero-order valence-corrected chi connectivity index (χ0v) is 8.88. The summed E-state index contributed by atoms with van der Waals surface area (Å²) < 4.78 is 37.5. The van der Waals surface area contributed by atoms with Gasteiger partial charge in [0.15, 0.2) is 6.04 Å². The van der Waals surface area contributed by atoms with Gasteiger partial charge in [0.25, 0.3) is 0 Å². The van der Waals surface area contributed by atoms with Gasteiger partial charge >= 0.3 is 6.18 Å². The van der Waals surface area contributed by atoms with E-state index in [-0.39, 0.29) is 5.92 Å². The number of hydroxylamine groups is 2. The molecule has 0 fully saturated rings. The van der Waals surface area contributed by atoms with Crippen molar-refractivity contribution in [1.82, 2.24) is 5.06 Å². The number of rotatable bonds is 2. The number of nitrogens with zero attached hydrogens (tertiary/aromatic N) is 1. The minimum absolute atomic E-state index is 0.174. The Kier molecular flexibility index (Phi) is 3.44. The highest BCUT2D eigenvalue weighted by Crippen LogP contribution is 2.30. The van der Waals surface area contributed by atoms with E-state index in [0.717, 1.165) is 16.7 Å². The molecule has 1 rings (SSSR count). The van der Waals surface area contributed by atoms with Gasteiger partial charge in [0, 0.05) is 6.20 Å². The summed E-state index contributed by atoms with van der Waals surface area (Å²) in [6.45, 7) is 3.83. The highest BCUT2D eigenvalue weighted by molar-refractivity contribution is 5.26. The Morgan fingerprint density at radius 2 is 2.00 bits per heavy atom. The van der Waals surface area contributed by atoms with Crippen LogP contribution >= 0.6 is 0 Å². The monoisotopic (exact) mass is 221 g/mol.